The van der Waals surface area contributed by atoms with Gasteiger partial charge < -0.3 is 28.4 Å². The van der Waals surface area contributed by atoms with Crippen LogP contribution in [0.3, 0.4) is 0 Å². The Morgan fingerprint density at radius 2 is 1.67 bits per heavy atom. The van der Waals surface area contributed by atoms with Crippen LogP contribution in [-0.4, -0.2) is 63.3 Å². The van der Waals surface area contributed by atoms with E-state index in [2.05, 4.69) is 11.1 Å². The van der Waals surface area contributed by atoms with Gasteiger partial charge in [-0.15, -0.1) is 0 Å². The van der Waals surface area contributed by atoms with Gasteiger partial charge in [0.1, 0.15) is 11.8 Å². The number of carbonyl (C=O) groups is 1. The Balaban J connectivity index is 1.47. The molecule has 2 aromatic carbocycles. The van der Waals surface area contributed by atoms with Gasteiger partial charge >= 0.3 is 0 Å². The molecule has 1 amide bonds. The quantitative estimate of drug-likeness (QED) is 0.567. The summed E-state index contributed by atoms with van der Waals surface area (Å²) in [5.41, 5.74) is 1.50. The monoisotopic (exact) mass is 448 g/mol. The minimum absolute atomic E-state index is 0.0902. The largest absolute Gasteiger partial charge is 0.497 e. The minimum atomic E-state index is -0.0902. The first-order chi connectivity index (χ1) is 16.1. The van der Waals surface area contributed by atoms with Gasteiger partial charge in [-0.05, 0) is 42.5 Å². The van der Waals surface area contributed by atoms with Crippen molar-refractivity contribution in [2.24, 2.45) is 0 Å². The fourth-order valence-corrected chi connectivity index (χ4v) is 3.72. The molecule has 3 aromatic rings. The van der Waals surface area contributed by atoms with Crippen molar-refractivity contribution in [1.29, 1.82) is 5.26 Å². The van der Waals surface area contributed by atoms with Crippen molar-refractivity contribution in [3.8, 4) is 34.8 Å². The third-order valence-corrected chi connectivity index (χ3v) is 5.54. The van der Waals surface area contributed by atoms with Gasteiger partial charge in [-0.25, -0.2) is 0 Å². The van der Waals surface area contributed by atoms with Crippen molar-refractivity contribution in [3.05, 3.63) is 53.7 Å². The van der Waals surface area contributed by atoms with E-state index < -0.39 is 0 Å². The van der Waals surface area contributed by atoms with Crippen LogP contribution in [0.25, 0.3) is 11.5 Å². The van der Waals surface area contributed by atoms with Gasteiger partial charge in [0, 0.05) is 37.3 Å². The number of benzene rings is 2. The second-order valence-electron chi connectivity index (χ2n) is 7.36. The van der Waals surface area contributed by atoms with Gasteiger partial charge in [0.2, 0.25) is 17.5 Å². The molecule has 2 heterocycles. The summed E-state index contributed by atoms with van der Waals surface area (Å²) in [6, 6.07) is 14.5. The topological polar surface area (TPSA) is 101 Å². The van der Waals surface area contributed by atoms with E-state index in [1.54, 1.807) is 37.3 Å². The van der Waals surface area contributed by atoms with Crippen LogP contribution in [0, 0.1) is 11.3 Å². The number of anilines is 1. The Morgan fingerprint density at radius 3 is 2.27 bits per heavy atom. The zero-order valence-electron chi connectivity index (χ0n) is 18.7. The molecule has 9 nitrogen and oxygen atoms in total. The summed E-state index contributed by atoms with van der Waals surface area (Å²) in [7, 11) is 4.69. The van der Waals surface area contributed by atoms with E-state index in [4.69, 9.17) is 18.6 Å². The summed E-state index contributed by atoms with van der Waals surface area (Å²) in [4.78, 5) is 21.0. The number of rotatable bonds is 6. The van der Waals surface area contributed by atoms with E-state index in [0.29, 0.717) is 55.0 Å². The van der Waals surface area contributed by atoms with Crippen molar-refractivity contribution < 1.29 is 23.4 Å². The Bertz CT molecular complexity index is 1170. The maximum atomic E-state index is 13.0. The van der Waals surface area contributed by atoms with Crippen molar-refractivity contribution in [2.45, 2.75) is 0 Å². The standard InChI is InChI=1S/C24H24N4O5/c1-30-18-7-4-16(5-8-18)22-26-19(15-25)24(33-22)28-12-10-27(11-13-28)23(29)17-6-9-20(31-2)21(14-17)32-3/h4-9,14H,10-13H2,1-3H3. The SMILES string of the molecule is COc1ccc(-c2nc(C#N)c(N3CCN(C(=O)c4ccc(OC)c(OC)c4)CC3)o2)cc1. The molecule has 170 valence electrons. The lowest BCUT2D eigenvalue weighted by Gasteiger charge is -2.34. The molecule has 9 heteroatoms. The average molecular weight is 448 g/mol. The summed E-state index contributed by atoms with van der Waals surface area (Å²) < 4.78 is 21.7. The molecule has 0 spiro atoms. The lowest BCUT2D eigenvalue weighted by Crippen LogP contribution is -2.48. The van der Waals surface area contributed by atoms with Crippen LogP contribution < -0.4 is 19.1 Å². The number of amides is 1. The molecule has 1 aromatic heterocycles. The van der Waals surface area contributed by atoms with Crippen molar-refractivity contribution in [2.75, 3.05) is 52.4 Å². The first kappa shape index (κ1) is 22.0. The highest BCUT2D eigenvalue weighted by molar-refractivity contribution is 5.95. The fraction of sp³-hybridized carbons (Fsp3) is 0.292. The Morgan fingerprint density at radius 1 is 0.970 bits per heavy atom. The molecule has 0 bridgehead atoms. The number of methoxy groups -OCH3 is 3. The number of hydrogen-bond donors (Lipinski definition) is 0. The van der Waals surface area contributed by atoms with Crippen molar-refractivity contribution >= 4 is 11.8 Å². The molecule has 1 fully saturated rings. The number of aromatic nitrogens is 1. The second-order valence-corrected chi connectivity index (χ2v) is 7.36. The Labute approximate surface area is 191 Å². The molecular weight excluding hydrogens is 424 g/mol. The molecular formula is C24H24N4O5. The van der Waals surface area contributed by atoms with Gasteiger partial charge in [0.15, 0.2) is 11.5 Å². The molecule has 33 heavy (non-hydrogen) atoms. The first-order valence-electron chi connectivity index (χ1n) is 10.4. The van der Waals surface area contributed by atoms with E-state index in [1.807, 2.05) is 29.2 Å². The second kappa shape index (κ2) is 9.53. The van der Waals surface area contributed by atoms with Crippen LogP contribution in [0.15, 0.2) is 46.9 Å². The summed E-state index contributed by atoms with van der Waals surface area (Å²) >= 11 is 0. The highest BCUT2D eigenvalue weighted by Gasteiger charge is 2.27. The van der Waals surface area contributed by atoms with Gasteiger partial charge in [-0.1, -0.05) is 0 Å². The third kappa shape index (κ3) is 4.41. The number of carbonyl (C=O) groups excluding carboxylic acids is 1. The van der Waals surface area contributed by atoms with Crippen LogP contribution in [-0.2, 0) is 0 Å². The van der Waals surface area contributed by atoms with Crippen LogP contribution >= 0.6 is 0 Å². The molecule has 0 saturated carbocycles. The van der Waals surface area contributed by atoms with E-state index in [-0.39, 0.29) is 11.6 Å². The third-order valence-electron chi connectivity index (χ3n) is 5.54. The predicted octanol–water partition coefficient (Wildman–Crippen LogP) is 3.20. The Hall–Kier alpha value is -4.19. The van der Waals surface area contributed by atoms with Crippen LogP contribution in [0.1, 0.15) is 16.1 Å². The zero-order valence-corrected chi connectivity index (χ0v) is 18.7. The molecule has 0 unspecified atom stereocenters. The minimum Gasteiger partial charge on any atom is -0.497 e. The van der Waals surface area contributed by atoms with Crippen LogP contribution in [0.4, 0.5) is 5.88 Å². The predicted molar refractivity (Wildman–Crippen MR) is 121 cm³/mol. The van der Waals surface area contributed by atoms with Crippen molar-refractivity contribution in [1.82, 2.24) is 9.88 Å². The summed E-state index contributed by atoms with van der Waals surface area (Å²) in [6.45, 7) is 2.00. The number of nitriles is 1. The summed E-state index contributed by atoms with van der Waals surface area (Å²) in [5, 5.41) is 9.57. The molecule has 1 aliphatic rings. The number of nitrogens with zero attached hydrogens (tertiary/aromatic N) is 4. The lowest BCUT2D eigenvalue weighted by molar-refractivity contribution is 0.0745. The molecule has 1 aliphatic heterocycles. The normalized spacial score (nSPS) is 13.4. The molecule has 0 N–H and O–H groups in total. The molecule has 0 radical (unpaired) electrons. The molecule has 0 aliphatic carbocycles. The molecule has 4 rings (SSSR count). The van der Waals surface area contributed by atoms with Gasteiger partial charge in [0.05, 0.1) is 21.3 Å². The summed E-state index contributed by atoms with van der Waals surface area (Å²) in [5.74, 6) is 2.50. The smallest absolute Gasteiger partial charge is 0.254 e. The lowest BCUT2D eigenvalue weighted by atomic mass is 10.1. The van der Waals surface area contributed by atoms with E-state index in [1.165, 1.54) is 7.11 Å². The van der Waals surface area contributed by atoms with Crippen molar-refractivity contribution in [3.63, 3.8) is 0 Å². The highest BCUT2D eigenvalue weighted by atomic mass is 16.5. The average Bonchev–Trinajstić information content (AvgIpc) is 3.32. The number of hydrogen-bond acceptors (Lipinski definition) is 8. The Kier molecular flexibility index (Phi) is 6.36. The van der Waals surface area contributed by atoms with E-state index in [0.717, 1.165) is 11.3 Å². The number of piperazine rings is 1. The van der Waals surface area contributed by atoms with Gasteiger partial charge in [0.25, 0.3) is 5.91 Å². The van der Waals surface area contributed by atoms with Gasteiger partial charge in [-0.3, -0.25) is 4.79 Å². The first-order valence-corrected chi connectivity index (χ1v) is 10.4. The van der Waals surface area contributed by atoms with E-state index in [9.17, 15) is 10.1 Å². The van der Waals surface area contributed by atoms with Gasteiger partial charge in [-0.2, -0.15) is 10.2 Å². The summed E-state index contributed by atoms with van der Waals surface area (Å²) in [6.07, 6.45) is 0. The molecule has 1 saturated heterocycles. The van der Waals surface area contributed by atoms with Crippen LogP contribution in [0.5, 0.6) is 17.2 Å². The van der Waals surface area contributed by atoms with Crippen LogP contribution in [0.2, 0.25) is 0 Å². The maximum absolute atomic E-state index is 13.0. The maximum Gasteiger partial charge on any atom is 0.254 e. The zero-order chi connectivity index (χ0) is 23.4. The highest BCUT2D eigenvalue weighted by Crippen LogP contribution is 2.31. The number of ether oxygens (including phenoxy) is 3. The fourth-order valence-electron chi connectivity index (χ4n) is 3.72. The van der Waals surface area contributed by atoms with E-state index >= 15 is 0 Å². The molecule has 0 atom stereocenters. The number of oxazole rings is 1.